The number of Topliss-reactive ketones (excluding diaryl/α,β-unsaturated/α-hetero) is 1. The van der Waals surface area contributed by atoms with E-state index in [2.05, 4.69) is 0 Å². The SMILES string of the molecule is O=C(C1(CCl)CC1)C1(CCl)CC1. The molecule has 2 saturated carbocycles. The lowest BCUT2D eigenvalue weighted by atomic mass is 9.90. The molecule has 2 rings (SSSR count). The largest absolute Gasteiger partial charge is 0.298 e. The predicted octanol–water partition coefficient (Wildman–Crippen LogP) is 2.59. The Labute approximate surface area is 82.4 Å². The normalized spacial score (nSPS) is 28.2. The van der Waals surface area contributed by atoms with Crippen molar-refractivity contribution in [1.29, 1.82) is 0 Å². The van der Waals surface area contributed by atoms with Crippen LogP contribution in [0.25, 0.3) is 0 Å². The zero-order valence-electron chi connectivity index (χ0n) is 6.91. The summed E-state index contributed by atoms with van der Waals surface area (Å²) in [6, 6.07) is 0. The third-order valence-electron chi connectivity index (χ3n) is 3.18. The van der Waals surface area contributed by atoms with Gasteiger partial charge in [0.1, 0.15) is 5.78 Å². The van der Waals surface area contributed by atoms with Crippen LogP contribution in [0.15, 0.2) is 0 Å². The van der Waals surface area contributed by atoms with Gasteiger partial charge in [-0.25, -0.2) is 0 Å². The summed E-state index contributed by atoms with van der Waals surface area (Å²) in [5, 5.41) is 0. The Kier molecular flexibility index (Phi) is 1.93. The molecule has 3 heteroatoms. The van der Waals surface area contributed by atoms with E-state index >= 15 is 0 Å². The standard InChI is InChI=1S/C9H12Cl2O/c10-5-8(1-2-8)7(12)9(6-11)3-4-9/h1-6H2. The molecule has 0 aromatic heterocycles. The minimum atomic E-state index is -0.160. The fourth-order valence-electron chi connectivity index (χ4n) is 1.71. The molecular weight excluding hydrogens is 195 g/mol. The topological polar surface area (TPSA) is 17.1 Å². The molecule has 0 aliphatic heterocycles. The van der Waals surface area contributed by atoms with Crippen LogP contribution >= 0.6 is 23.2 Å². The molecule has 0 aromatic carbocycles. The second kappa shape index (κ2) is 2.62. The number of alkyl halides is 2. The highest BCUT2D eigenvalue weighted by atomic mass is 35.5. The molecule has 0 saturated heterocycles. The summed E-state index contributed by atoms with van der Waals surface area (Å²) < 4.78 is 0. The van der Waals surface area contributed by atoms with Crippen molar-refractivity contribution in [2.75, 3.05) is 11.8 Å². The molecule has 0 N–H and O–H groups in total. The van der Waals surface area contributed by atoms with Gasteiger partial charge in [0.05, 0.1) is 0 Å². The van der Waals surface area contributed by atoms with Crippen LogP contribution in [0.5, 0.6) is 0 Å². The van der Waals surface area contributed by atoms with Crippen LogP contribution in [0.4, 0.5) is 0 Å². The number of carbonyl (C=O) groups is 1. The fraction of sp³-hybridized carbons (Fsp3) is 0.889. The first-order chi connectivity index (χ1) is 5.69. The van der Waals surface area contributed by atoms with Gasteiger partial charge >= 0.3 is 0 Å². The minimum absolute atomic E-state index is 0.160. The Morgan fingerprint density at radius 2 is 1.33 bits per heavy atom. The summed E-state index contributed by atoms with van der Waals surface area (Å²) >= 11 is 11.6. The lowest BCUT2D eigenvalue weighted by Crippen LogP contribution is -2.28. The van der Waals surface area contributed by atoms with E-state index in [1.54, 1.807) is 0 Å². The Morgan fingerprint density at radius 3 is 1.50 bits per heavy atom. The molecule has 0 aromatic rings. The highest BCUT2D eigenvalue weighted by Crippen LogP contribution is 2.59. The quantitative estimate of drug-likeness (QED) is 0.647. The minimum Gasteiger partial charge on any atom is -0.298 e. The van der Waals surface area contributed by atoms with Gasteiger partial charge in [0.2, 0.25) is 0 Å². The van der Waals surface area contributed by atoms with E-state index in [9.17, 15) is 4.79 Å². The van der Waals surface area contributed by atoms with Gasteiger partial charge in [0, 0.05) is 22.6 Å². The zero-order chi connectivity index (χ0) is 8.82. The predicted molar refractivity (Wildman–Crippen MR) is 49.8 cm³/mol. The summed E-state index contributed by atoms with van der Waals surface area (Å²) in [5.74, 6) is 1.33. The highest BCUT2D eigenvalue weighted by molar-refractivity contribution is 6.23. The third-order valence-corrected chi connectivity index (χ3v) is 4.21. The van der Waals surface area contributed by atoms with E-state index in [4.69, 9.17) is 23.2 Å². The van der Waals surface area contributed by atoms with Gasteiger partial charge in [-0.05, 0) is 25.7 Å². The first kappa shape index (κ1) is 8.83. The lowest BCUT2D eigenvalue weighted by molar-refractivity contribution is -0.128. The number of hydrogen-bond acceptors (Lipinski definition) is 1. The molecule has 68 valence electrons. The summed E-state index contributed by atoms with van der Waals surface area (Å²) in [5.41, 5.74) is -0.320. The first-order valence-corrected chi connectivity index (χ1v) is 5.43. The fourth-order valence-corrected chi connectivity index (χ4v) is 2.48. The van der Waals surface area contributed by atoms with Gasteiger partial charge in [-0.1, -0.05) is 0 Å². The van der Waals surface area contributed by atoms with Crippen LogP contribution in [-0.4, -0.2) is 17.5 Å². The Balaban J connectivity index is 2.10. The van der Waals surface area contributed by atoms with E-state index < -0.39 is 0 Å². The first-order valence-electron chi connectivity index (χ1n) is 4.36. The summed E-state index contributed by atoms with van der Waals surface area (Å²) in [6.45, 7) is 0. The van der Waals surface area contributed by atoms with Crippen molar-refractivity contribution in [1.82, 2.24) is 0 Å². The van der Waals surface area contributed by atoms with Crippen molar-refractivity contribution in [3.05, 3.63) is 0 Å². The molecule has 2 fully saturated rings. The highest BCUT2D eigenvalue weighted by Gasteiger charge is 2.60. The van der Waals surface area contributed by atoms with Crippen LogP contribution in [-0.2, 0) is 4.79 Å². The number of rotatable bonds is 4. The lowest BCUT2D eigenvalue weighted by Gasteiger charge is -2.16. The number of ketones is 1. The monoisotopic (exact) mass is 206 g/mol. The molecule has 0 unspecified atom stereocenters. The van der Waals surface area contributed by atoms with Gasteiger partial charge in [-0.15, -0.1) is 23.2 Å². The number of hydrogen-bond donors (Lipinski definition) is 0. The Morgan fingerprint density at radius 1 is 1.00 bits per heavy atom. The maximum Gasteiger partial charge on any atom is 0.147 e. The molecular formula is C9H12Cl2O. The molecule has 0 heterocycles. The maximum atomic E-state index is 11.9. The Hall–Kier alpha value is 0.250. The molecule has 0 amide bonds. The molecule has 0 radical (unpaired) electrons. The third kappa shape index (κ3) is 1.10. The van der Waals surface area contributed by atoms with Gasteiger partial charge in [-0.2, -0.15) is 0 Å². The van der Waals surface area contributed by atoms with Gasteiger partial charge in [0.25, 0.3) is 0 Å². The van der Waals surface area contributed by atoms with Gasteiger partial charge in [0.15, 0.2) is 0 Å². The molecule has 2 aliphatic carbocycles. The van der Waals surface area contributed by atoms with E-state index in [1.807, 2.05) is 0 Å². The Bertz CT molecular complexity index is 195. The van der Waals surface area contributed by atoms with E-state index in [0.29, 0.717) is 17.5 Å². The smallest absolute Gasteiger partial charge is 0.147 e. The van der Waals surface area contributed by atoms with Gasteiger partial charge < -0.3 is 0 Å². The summed E-state index contributed by atoms with van der Waals surface area (Å²) in [4.78, 5) is 11.9. The summed E-state index contributed by atoms with van der Waals surface area (Å²) in [7, 11) is 0. The molecule has 12 heavy (non-hydrogen) atoms. The molecule has 0 bridgehead atoms. The van der Waals surface area contributed by atoms with Crippen LogP contribution < -0.4 is 0 Å². The molecule has 0 spiro atoms. The van der Waals surface area contributed by atoms with E-state index in [0.717, 1.165) is 25.7 Å². The van der Waals surface area contributed by atoms with Crippen molar-refractivity contribution in [2.24, 2.45) is 10.8 Å². The molecule has 2 aliphatic rings. The summed E-state index contributed by atoms with van der Waals surface area (Å²) in [6.07, 6.45) is 3.92. The zero-order valence-corrected chi connectivity index (χ0v) is 8.42. The second-order valence-electron chi connectivity index (χ2n) is 4.16. The number of carbonyl (C=O) groups excluding carboxylic acids is 1. The second-order valence-corrected chi connectivity index (χ2v) is 4.69. The van der Waals surface area contributed by atoms with E-state index in [-0.39, 0.29) is 10.8 Å². The molecule has 0 atom stereocenters. The van der Waals surface area contributed by atoms with Crippen molar-refractivity contribution >= 4 is 29.0 Å². The number of halogens is 2. The molecule has 1 nitrogen and oxygen atoms in total. The van der Waals surface area contributed by atoms with Crippen molar-refractivity contribution in [2.45, 2.75) is 25.7 Å². The van der Waals surface area contributed by atoms with Crippen molar-refractivity contribution in [3.63, 3.8) is 0 Å². The van der Waals surface area contributed by atoms with Crippen LogP contribution in [0.2, 0.25) is 0 Å². The average molecular weight is 207 g/mol. The van der Waals surface area contributed by atoms with E-state index in [1.165, 1.54) is 0 Å². The maximum absolute atomic E-state index is 11.9. The average Bonchev–Trinajstić information content (AvgIpc) is 3.00. The van der Waals surface area contributed by atoms with Crippen LogP contribution in [0.1, 0.15) is 25.7 Å². The van der Waals surface area contributed by atoms with Crippen molar-refractivity contribution < 1.29 is 4.79 Å². The van der Waals surface area contributed by atoms with Crippen LogP contribution in [0.3, 0.4) is 0 Å². The van der Waals surface area contributed by atoms with Gasteiger partial charge in [-0.3, -0.25) is 4.79 Å². The van der Waals surface area contributed by atoms with Crippen LogP contribution in [0, 0.1) is 10.8 Å². The van der Waals surface area contributed by atoms with Crippen molar-refractivity contribution in [3.8, 4) is 0 Å².